The Morgan fingerprint density at radius 2 is 1.91 bits per heavy atom. The molecule has 1 saturated carbocycles. The number of thiophene rings is 1. The number of piperazine rings is 1. The molecule has 2 aliphatic heterocycles. The number of imidazole rings is 1. The van der Waals surface area contributed by atoms with Crippen LogP contribution in [-0.2, 0) is 6.54 Å². The molecule has 0 spiro atoms. The SMILES string of the molecule is c1cc(-n2cnc3c(NC4CC4)nc(N4CCN(Cc5ccc6c(c5)OCO6)CC4)nc32)cs1. The van der Waals surface area contributed by atoms with Crippen LogP contribution >= 0.6 is 11.3 Å². The van der Waals surface area contributed by atoms with Crippen LogP contribution in [0.5, 0.6) is 11.5 Å². The number of fused-ring (bicyclic) bond motifs is 2. The summed E-state index contributed by atoms with van der Waals surface area (Å²) in [5.41, 5.74) is 4.02. The highest BCUT2D eigenvalue weighted by molar-refractivity contribution is 7.08. The first-order valence-electron chi connectivity index (χ1n) is 11.7. The van der Waals surface area contributed by atoms with Crippen molar-refractivity contribution in [2.45, 2.75) is 25.4 Å². The zero-order chi connectivity index (χ0) is 22.5. The number of aromatic nitrogens is 4. The molecule has 174 valence electrons. The molecule has 1 aromatic carbocycles. The van der Waals surface area contributed by atoms with Crippen LogP contribution in [-0.4, -0.2) is 63.4 Å². The van der Waals surface area contributed by atoms with E-state index < -0.39 is 0 Å². The van der Waals surface area contributed by atoms with Crippen LogP contribution in [0.2, 0.25) is 0 Å². The van der Waals surface area contributed by atoms with E-state index in [9.17, 15) is 0 Å². The standard InChI is InChI=1S/C24H25N7O2S/c1-4-19-20(33-15-32-19)11-16(1)12-29-6-8-30(9-7-29)24-27-22(26-17-2-3-17)21-23(28-24)31(14-25-21)18-5-10-34-13-18/h1,4-5,10-11,13-14,17H,2-3,6-9,12,15H2,(H,26,27,28). The van der Waals surface area contributed by atoms with Gasteiger partial charge in [-0.1, -0.05) is 6.07 Å². The second kappa shape index (κ2) is 8.14. The molecular weight excluding hydrogens is 450 g/mol. The minimum Gasteiger partial charge on any atom is -0.454 e. The zero-order valence-electron chi connectivity index (χ0n) is 18.7. The van der Waals surface area contributed by atoms with Gasteiger partial charge in [0.05, 0.1) is 5.69 Å². The van der Waals surface area contributed by atoms with Crippen LogP contribution < -0.4 is 19.7 Å². The Morgan fingerprint density at radius 1 is 1.03 bits per heavy atom. The van der Waals surface area contributed by atoms with Crippen LogP contribution in [0.3, 0.4) is 0 Å². The number of benzene rings is 1. The average molecular weight is 476 g/mol. The maximum absolute atomic E-state index is 5.53. The first-order valence-corrected chi connectivity index (χ1v) is 12.6. The number of hydrogen-bond acceptors (Lipinski definition) is 9. The van der Waals surface area contributed by atoms with E-state index in [4.69, 9.17) is 19.4 Å². The van der Waals surface area contributed by atoms with Gasteiger partial charge in [0.1, 0.15) is 6.33 Å². The van der Waals surface area contributed by atoms with E-state index in [1.54, 1.807) is 11.3 Å². The predicted octanol–water partition coefficient (Wildman–Crippen LogP) is 3.50. The Morgan fingerprint density at radius 3 is 2.74 bits per heavy atom. The molecular formula is C24H25N7O2S. The predicted molar refractivity (Wildman–Crippen MR) is 131 cm³/mol. The second-order valence-electron chi connectivity index (χ2n) is 9.01. The van der Waals surface area contributed by atoms with Crippen molar-refractivity contribution >= 4 is 34.3 Å². The van der Waals surface area contributed by atoms with Gasteiger partial charge in [0.15, 0.2) is 28.5 Å². The number of rotatable bonds is 6. The topological polar surface area (TPSA) is 80.6 Å². The van der Waals surface area contributed by atoms with Crippen molar-refractivity contribution in [3.8, 4) is 17.2 Å². The summed E-state index contributed by atoms with van der Waals surface area (Å²) in [5.74, 6) is 3.30. The Bertz CT molecular complexity index is 1330. The van der Waals surface area contributed by atoms with E-state index in [2.05, 4.69) is 53.6 Å². The van der Waals surface area contributed by atoms with Crippen molar-refractivity contribution < 1.29 is 9.47 Å². The summed E-state index contributed by atoms with van der Waals surface area (Å²) in [6.07, 6.45) is 4.22. The number of anilines is 2. The lowest BCUT2D eigenvalue weighted by Crippen LogP contribution is -2.46. The van der Waals surface area contributed by atoms with Gasteiger partial charge >= 0.3 is 0 Å². The number of nitrogens with zero attached hydrogens (tertiary/aromatic N) is 6. The first-order chi connectivity index (χ1) is 16.8. The van der Waals surface area contributed by atoms with Crippen molar-refractivity contribution in [2.24, 2.45) is 0 Å². The van der Waals surface area contributed by atoms with Gasteiger partial charge < -0.3 is 19.7 Å². The van der Waals surface area contributed by atoms with E-state index in [-0.39, 0.29) is 0 Å². The molecule has 4 aromatic rings. The van der Waals surface area contributed by atoms with Gasteiger partial charge in [0, 0.05) is 44.1 Å². The number of hydrogen-bond donors (Lipinski definition) is 1. The fraction of sp³-hybridized carbons (Fsp3) is 0.375. The van der Waals surface area contributed by atoms with Crippen LogP contribution in [0.15, 0.2) is 41.4 Å². The fourth-order valence-electron chi connectivity index (χ4n) is 4.54. The van der Waals surface area contributed by atoms with E-state index in [1.807, 2.05) is 12.4 Å². The highest BCUT2D eigenvalue weighted by Crippen LogP contribution is 2.33. The number of ether oxygens (including phenoxy) is 2. The number of nitrogens with one attached hydrogen (secondary N) is 1. The maximum Gasteiger partial charge on any atom is 0.231 e. The van der Waals surface area contributed by atoms with E-state index in [0.29, 0.717) is 12.8 Å². The van der Waals surface area contributed by atoms with Crippen molar-refractivity contribution in [1.82, 2.24) is 24.4 Å². The van der Waals surface area contributed by atoms with E-state index in [1.165, 1.54) is 18.4 Å². The Labute approximate surface area is 201 Å². The smallest absolute Gasteiger partial charge is 0.231 e. The molecule has 0 bridgehead atoms. The third-order valence-electron chi connectivity index (χ3n) is 6.59. The third kappa shape index (κ3) is 3.72. The lowest BCUT2D eigenvalue weighted by atomic mass is 10.1. The molecule has 2 fully saturated rings. The largest absolute Gasteiger partial charge is 0.454 e. The Hall–Kier alpha value is -3.37. The van der Waals surface area contributed by atoms with Gasteiger partial charge in [-0.3, -0.25) is 9.47 Å². The molecule has 0 amide bonds. The molecule has 1 aliphatic carbocycles. The van der Waals surface area contributed by atoms with Crippen LogP contribution in [0, 0.1) is 0 Å². The lowest BCUT2D eigenvalue weighted by Gasteiger charge is -2.34. The highest BCUT2D eigenvalue weighted by atomic mass is 32.1. The fourth-order valence-corrected chi connectivity index (χ4v) is 5.17. The van der Waals surface area contributed by atoms with Crippen molar-refractivity contribution in [3.05, 3.63) is 46.9 Å². The van der Waals surface area contributed by atoms with E-state index in [0.717, 1.165) is 72.8 Å². The Kier molecular flexibility index (Phi) is 4.80. The molecule has 0 unspecified atom stereocenters. The molecule has 7 rings (SSSR count). The zero-order valence-corrected chi connectivity index (χ0v) is 19.5. The average Bonchev–Trinajstić information content (AvgIpc) is 3.25. The lowest BCUT2D eigenvalue weighted by molar-refractivity contribution is 0.174. The molecule has 3 aromatic heterocycles. The minimum absolute atomic E-state index is 0.310. The summed E-state index contributed by atoms with van der Waals surface area (Å²) >= 11 is 1.67. The van der Waals surface area contributed by atoms with Crippen molar-refractivity contribution in [1.29, 1.82) is 0 Å². The maximum atomic E-state index is 5.53. The summed E-state index contributed by atoms with van der Waals surface area (Å²) in [5, 5.41) is 7.77. The summed E-state index contributed by atoms with van der Waals surface area (Å²) in [7, 11) is 0. The molecule has 0 radical (unpaired) electrons. The quantitative estimate of drug-likeness (QED) is 0.454. The summed E-state index contributed by atoms with van der Waals surface area (Å²) in [6.45, 7) is 4.86. The molecule has 5 heterocycles. The monoisotopic (exact) mass is 475 g/mol. The van der Waals surface area contributed by atoms with Gasteiger partial charge in [-0.2, -0.15) is 21.3 Å². The third-order valence-corrected chi connectivity index (χ3v) is 7.26. The van der Waals surface area contributed by atoms with Crippen molar-refractivity contribution in [3.63, 3.8) is 0 Å². The van der Waals surface area contributed by atoms with Gasteiger partial charge in [-0.05, 0) is 42.0 Å². The van der Waals surface area contributed by atoms with Gasteiger partial charge in [-0.25, -0.2) is 4.98 Å². The van der Waals surface area contributed by atoms with Gasteiger partial charge in [0.2, 0.25) is 12.7 Å². The summed E-state index contributed by atoms with van der Waals surface area (Å²) in [4.78, 5) is 19.3. The van der Waals surface area contributed by atoms with Crippen LogP contribution in [0.4, 0.5) is 11.8 Å². The van der Waals surface area contributed by atoms with Crippen LogP contribution in [0.1, 0.15) is 18.4 Å². The second-order valence-corrected chi connectivity index (χ2v) is 9.79. The molecule has 9 nitrogen and oxygen atoms in total. The van der Waals surface area contributed by atoms with Gasteiger partial charge in [-0.15, -0.1) is 0 Å². The Balaban J connectivity index is 1.12. The van der Waals surface area contributed by atoms with Crippen molar-refractivity contribution in [2.75, 3.05) is 43.2 Å². The normalized spacial score (nSPS) is 18.1. The summed E-state index contributed by atoms with van der Waals surface area (Å²) in [6, 6.07) is 8.81. The first kappa shape index (κ1) is 20.0. The molecule has 1 N–H and O–H groups in total. The van der Waals surface area contributed by atoms with E-state index >= 15 is 0 Å². The minimum atomic E-state index is 0.310. The molecule has 0 atom stereocenters. The highest BCUT2D eigenvalue weighted by Gasteiger charge is 2.26. The van der Waals surface area contributed by atoms with Crippen LogP contribution in [0.25, 0.3) is 16.9 Å². The molecule has 3 aliphatic rings. The van der Waals surface area contributed by atoms with Gasteiger partial charge in [0.25, 0.3) is 0 Å². The molecule has 34 heavy (non-hydrogen) atoms. The molecule has 1 saturated heterocycles. The summed E-state index contributed by atoms with van der Waals surface area (Å²) < 4.78 is 13.0. The molecule has 10 heteroatoms.